The summed E-state index contributed by atoms with van der Waals surface area (Å²) in [5.41, 5.74) is 0.945. The smallest absolute Gasteiger partial charge is 0.343 e. The molecule has 3 aromatic rings. The number of methoxy groups -OCH3 is 1. The summed E-state index contributed by atoms with van der Waals surface area (Å²) < 4.78 is 46.6. The van der Waals surface area contributed by atoms with Crippen molar-refractivity contribution in [2.75, 3.05) is 20.2 Å². The quantitative estimate of drug-likeness (QED) is 0.204. The molecule has 0 N–H and O–H groups in total. The first-order valence-electron chi connectivity index (χ1n) is 13.7. The second-order valence-corrected chi connectivity index (χ2v) is 10.3. The van der Waals surface area contributed by atoms with Crippen molar-refractivity contribution in [3.63, 3.8) is 0 Å². The van der Waals surface area contributed by atoms with Crippen molar-refractivity contribution in [2.45, 2.75) is 44.0 Å². The third kappa shape index (κ3) is 6.43. The highest BCUT2D eigenvalue weighted by molar-refractivity contribution is 6.00. The highest BCUT2D eigenvalue weighted by Gasteiger charge is 2.52. The zero-order valence-corrected chi connectivity index (χ0v) is 23.4. The summed E-state index contributed by atoms with van der Waals surface area (Å²) in [5, 5.41) is 0. The standard InChI is InChI=1S/C32H29F2N3O6/c1-35-27-14-9-15-36(27)30(39)24-18-32(33,34)20-37(24)29(38)23-16-25(41-2)28(43-31(40)22-12-7-4-8-13-22)26(17-23)42-19-21-10-5-3-6-11-21/h3-8,10-13,16-17,24,27H,9,14-15,18-20H2,2H3/t24-,27-/m0/s1. The second-order valence-electron chi connectivity index (χ2n) is 10.3. The molecule has 0 radical (unpaired) electrons. The number of ether oxygens (including phenoxy) is 3. The van der Waals surface area contributed by atoms with Crippen molar-refractivity contribution < 1.29 is 37.4 Å². The molecular formula is C32H29F2N3O6. The van der Waals surface area contributed by atoms with Gasteiger partial charge in [0.05, 0.1) is 19.2 Å². The summed E-state index contributed by atoms with van der Waals surface area (Å²) in [6, 6.07) is 18.5. The van der Waals surface area contributed by atoms with Crippen molar-refractivity contribution in [1.82, 2.24) is 9.80 Å². The minimum Gasteiger partial charge on any atom is -0.493 e. The molecule has 0 bridgehead atoms. The van der Waals surface area contributed by atoms with Crippen LogP contribution in [0, 0.1) is 6.57 Å². The summed E-state index contributed by atoms with van der Waals surface area (Å²) in [6.07, 6.45) is -0.553. The van der Waals surface area contributed by atoms with E-state index in [1.165, 1.54) is 24.1 Å². The van der Waals surface area contributed by atoms with E-state index in [-0.39, 0.29) is 41.5 Å². The molecule has 2 aliphatic heterocycles. The van der Waals surface area contributed by atoms with Gasteiger partial charge in [0, 0.05) is 24.9 Å². The number of nitrogens with zero attached hydrogens (tertiary/aromatic N) is 3. The van der Waals surface area contributed by atoms with Crippen LogP contribution in [0.2, 0.25) is 0 Å². The lowest BCUT2D eigenvalue weighted by atomic mass is 10.1. The molecule has 3 aromatic carbocycles. The Morgan fingerprint density at radius 2 is 1.65 bits per heavy atom. The maximum atomic E-state index is 14.7. The average Bonchev–Trinajstić information content (AvgIpc) is 3.64. The van der Waals surface area contributed by atoms with Crippen LogP contribution in [-0.2, 0) is 11.4 Å². The number of carbonyl (C=O) groups is 3. The first-order valence-corrected chi connectivity index (χ1v) is 13.7. The minimum atomic E-state index is -3.30. The van der Waals surface area contributed by atoms with Gasteiger partial charge < -0.3 is 19.1 Å². The fourth-order valence-corrected chi connectivity index (χ4v) is 5.27. The third-order valence-electron chi connectivity index (χ3n) is 7.40. The van der Waals surface area contributed by atoms with Crippen molar-refractivity contribution >= 4 is 17.8 Å². The first-order chi connectivity index (χ1) is 20.7. The molecule has 2 amide bonds. The van der Waals surface area contributed by atoms with Gasteiger partial charge in [-0.3, -0.25) is 19.3 Å². The largest absolute Gasteiger partial charge is 0.493 e. The van der Waals surface area contributed by atoms with Gasteiger partial charge in [-0.25, -0.2) is 20.1 Å². The van der Waals surface area contributed by atoms with Crippen LogP contribution in [0.4, 0.5) is 8.78 Å². The molecule has 0 aromatic heterocycles. The molecule has 0 unspecified atom stereocenters. The molecule has 2 saturated heterocycles. The normalized spacial score (nSPS) is 19.0. The molecular weight excluding hydrogens is 560 g/mol. The highest BCUT2D eigenvalue weighted by Crippen LogP contribution is 2.42. The van der Waals surface area contributed by atoms with Crippen molar-refractivity contribution in [3.8, 4) is 17.2 Å². The Hall–Kier alpha value is -4.98. The van der Waals surface area contributed by atoms with E-state index in [1.807, 2.05) is 30.3 Å². The van der Waals surface area contributed by atoms with E-state index in [1.54, 1.807) is 30.3 Å². The number of esters is 1. The van der Waals surface area contributed by atoms with Gasteiger partial charge in [-0.15, -0.1) is 0 Å². The number of hydrogen-bond donors (Lipinski definition) is 0. The number of benzene rings is 3. The fourth-order valence-electron chi connectivity index (χ4n) is 5.27. The number of hydrogen-bond acceptors (Lipinski definition) is 6. The van der Waals surface area contributed by atoms with Gasteiger partial charge in [0.25, 0.3) is 17.7 Å². The molecule has 11 heteroatoms. The predicted molar refractivity (Wildman–Crippen MR) is 151 cm³/mol. The number of halogens is 2. The van der Waals surface area contributed by atoms with Gasteiger partial charge in [0.15, 0.2) is 11.5 Å². The lowest BCUT2D eigenvalue weighted by Gasteiger charge is -2.27. The number of rotatable bonds is 8. The molecule has 2 heterocycles. The van der Waals surface area contributed by atoms with Crippen LogP contribution in [0.25, 0.3) is 4.85 Å². The predicted octanol–water partition coefficient (Wildman–Crippen LogP) is 5.21. The zero-order chi connectivity index (χ0) is 30.6. The van der Waals surface area contributed by atoms with Gasteiger partial charge in [-0.05, 0) is 36.2 Å². The van der Waals surface area contributed by atoms with Gasteiger partial charge in [-0.1, -0.05) is 48.5 Å². The molecule has 0 aliphatic carbocycles. The van der Waals surface area contributed by atoms with E-state index >= 15 is 0 Å². The van der Waals surface area contributed by atoms with Crippen molar-refractivity contribution in [3.05, 3.63) is 101 Å². The summed E-state index contributed by atoms with van der Waals surface area (Å²) in [6.45, 7) is 6.71. The lowest BCUT2D eigenvalue weighted by molar-refractivity contribution is -0.135. The Bertz CT molecular complexity index is 1540. The van der Waals surface area contributed by atoms with Crippen LogP contribution in [-0.4, -0.2) is 65.9 Å². The molecule has 43 heavy (non-hydrogen) atoms. The van der Waals surface area contributed by atoms with Crippen molar-refractivity contribution in [1.29, 1.82) is 0 Å². The Balaban J connectivity index is 1.49. The summed E-state index contributed by atoms with van der Waals surface area (Å²) in [7, 11) is 1.30. The Kier molecular flexibility index (Phi) is 8.57. The molecule has 2 aliphatic rings. The molecule has 2 fully saturated rings. The molecule has 5 rings (SSSR count). The van der Waals surface area contributed by atoms with Crippen molar-refractivity contribution in [2.24, 2.45) is 0 Å². The number of amides is 2. The van der Waals surface area contributed by atoms with Crippen LogP contribution in [0.15, 0.2) is 72.8 Å². The van der Waals surface area contributed by atoms with Gasteiger partial charge >= 0.3 is 12.1 Å². The Labute approximate surface area is 247 Å². The Morgan fingerprint density at radius 3 is 2.33 bits per heavy atom. The maximum absolute atomic E-state index is 14.7. The topological polar surface area (TPSA) is 89.7 Å². The molecule has 2 atom stereocenters. The summed E-state index contributed by atoms with van der Waals surface area (Å²) in [4.78, 5) is 45.7. The number of alkyl halides is 2. The molecule has 222 valence electrons. The maximum Gasteiger partial charge on any atom is 0.343 e. The second kappa shape index (κ2) is 12.5. The van der Waals surface area contributed by atoms with Crippen LogP contribution in [0.1, 0.15) is 45.5 Å². The molecule has 9 nitrogen and oxygen atoms in total. The van der Waals surface area contributed by atoms with Crippen LogP contribution in [0.5, 0.6) is 17.2 Å². The van der Waals surface area contributed by atoms with Crippen LogP contribution >= 0.6 is 0 Å². The number of likely N-dealkylation sites (tertiary alicyclic amines) is 2. The average molecular weight is 590 g/mol. The summed E-state index contributed by atoms with van der Waals surface area (Å²) >= 11 is 0. The van der Waals surface area contributed by atoms with Crippen LogP contribution < -0.4 is 14.2 Å². The number of carbonyl (C=O) groups excluding carboxylic acids is 3. The summed E-state index contributed by atoms with van der Waals surface area (Å²) in [5.74, 6) is -5.70. The van der Waals surface area contributed by atoms with Gasteiger partial charge in [0.1, 0.15) is 12.6 Å². The molecule has 0 saturated carbocycles. The van der Waals surface area contributed by atoms with E-state index < -0.39 is 48.9 Å². The lowest BCUT2D eigenvalue weighted by Crippen LogP contribution is -2.48. The first kappa shape index (κ1) is 29.5. The van der Waals surface area contributed by atoms with Gasteiger partial charge in [-0.2, -0.15) is 0 Å². The van der Waals surface area contributed by atoms with Gasteiger partial charge in [0.2, 0.25) is 5.75 Å². The Morgan fingerprint density at radius 1 is 0.977 bits per heavy atom. The third-order valence-corrected chi connectivity index (χ3v) is 7.40. The fraction of sp³-hybridized carbons (Fsp3) is 0.312. The zero-order valence-electron chi connectivity index (χ0n) is 23.4. The van der Waals surface area contributed by atoms with E-state index in [9.17, 15) is 23.2 Å². The highest BCUT2D eigenvalue weighted by atomic mass is 19.3. The van der Waals surface area contributed by atoms with E-state index in [0.717, 1.165) is 10.5 Å². The molecule has 0 spiro atoms. The van der Waals surface area contributed by atoms with E-state index in [0.29, 0.717) is 12.8 Å². The van der Waals surface area contributed by atoms with E-state index in [2.05, 4.69) is 4.85 Å². The minimum absolute atomic E-state index is 0.0303. The SMILES string of the molecule is [C-]#[N+][C@@H]1CCCN1C(=O)[C@@H]1CC(F)(F)CN1C(=O)c1cc(OC)c(OC(=O)c2ccccc2)c(OCc2ccccc2)c1. The monoisotopic (exact) mass is 589 g/mol. The van der Waals surface area contributed by atoms with Crippen LogP contribution in [0.3, 0.4) is 0 Å². The van der Waals surface area contributed by atoms with E-state index in [4.69, 9.17) is 20.8 Å².